The predicted octanol–water partition coefficient (Wildman–Crippen LogP) is 3.92. The second-order valence-electron chi connectivity index (χ2n) is 4.41. The Morgan fingerprint density at radius 2 is 2.39 bits per heavy atom. The fourth-order valence-electron chi connectivity index (χ4n) is 2.11. The maximum atomic E-state index is 12.4. The highest BCUT2D eigenvalue weighted by atomic mass is 79.9. The molecule has 0 saturated carbocycles. The largest absolute Gasteiger partial charge is 0.338 e. The minimum atomic E-state index is 0.0550. The molecule has 1 saturated heterocycles. The fourth-order valence-corrected chi connectivity index (χ4v) is 3.28. The van der Waals surface area contributed by atoms with Gasteiger partial charge in [0.25, 0.3) is 5.91 Å². The van der Waals surface area contributed by atoms with Crippen LogP contribution in [-0.4, -0.2) is 35.5 Å². The molecule has 1 atom stereocenters. The van der Waals surface area contributed by atoms with Crippen LogP contribution in [0.2, 0.25) is 5.02 Å². The molecule has 0 bridgehead atoms. The Balaban J connectivity index is 2.18. The summed E-state index contributed by atoms with van der Waals surface area (Å²) in [7, 11) is 0. The van der Waals surface area contributed by atoms with Gasteiger partial charge in [-0.15, -0.1) is 11.8 Å². The van der Waals surface area contributed by atoms with E-state index in [1.54, 1.807) is 17.8 Å². The number of carbonyl (C=O) groups is 1. The number of hydrogen-bond acceptors (Lipinski definition) is 2. The van der Waals surface area contributed by atoms with Gasteiger partial charge in [0.1, 0.15) is 0 Å². The summed E-state index contributed by atoms with van der Waals surface area (Å²) in [5.41, 5.74) is 0.624. The third-order valence-corrected chi connectivity index (χ3v) is 5.17. The monoisotopic (exact) mass is 347 g/mol. The second kappa shape index (κ2) is 6.31. The molecule has 1 heterocycles. The molecule has 1 amide bonds. The number of alkyl halides is 1. The topological polar surface area (TPSA) is 20.3 Å². The van der Waals surface area contributed by atoms with Crippen molar-refractivity contribution in [2.24, 2.45) is 5.92 Å². The average molecular weight is 349 g/mol. The maximum Gasteiger partial charge on any atom is 0.255 e. The van der Waals surface area contributed by atoms with Crippen LogP contribution in [0.25, 0.3) is 0 Å². The first-order valence-electron chi connectivity index (χ1n) is 5.84. The van der Waals surface area contributed by atoms with Crippen molar-refractivity contribution < 1.29 is 4.79 Å². The predicted molar refractivity (Wildman–Crippen MR) is 81.0 cm³/mol. The number of hydrogen-bond donors (Lipinski definition) is 0. The van der Waals surface area contributed by atoms with Crippen molar-refractivity contribution in [3.8, 4) is 0 Å². The van der Waals surface area contributed by atoms with Gasteiger partial charge in [-0.3, -0.25) is 4.79 Å². The molecule has 1 aromatic carbocycles. The summed E-state index contributed by atoms with van der Waals surface area (Å²) in [6, 6.07) is 5.63. The number of amides is 1. The molecule has 18 heavy (non-hydrogen) atoms. The molecule has 1 unspecified atom stereocenters. The SMILES string of the molecule is CSc1ccc(Cl)c(C(=O)N2CCC(CBr)C2)c1. The van der Waals surface area contributed by atoms with Gasteiger partial charge in [0.2, 0.25) is 0 Å². The molecule has 5 heteroatoms. The Hall–Kier alpha value is -0.190. The standard InChI is InChI=1S/C13H15BrClNOS/c1-18-10-2-3-12(15)11(6-10)13(17)16-5-4-9(7-14)8-16/h2-3,6,9H,4-5,7-8H2,1H3. The average Bonchev–Trinajstić information content (AvgIpc) is 2.87. The van der Waals surface area contributed by atoms with Gasteiger partial charge in [-0.05, 0) is 36.8 Å². The summed E-state index contributed by atoms with van der Waals surface area (Å²) < 4.78 is 0. The van der Waals surface area contributed by atoms with Crippen LogP contribution in [0.15, 0.2) is 23.1 Å². The van der Waals surface area contributed by atoms with Crippen LogP contribution in [0.5, 0.6) is 0 Å². The van der Waals surface area contributed by atoms with Gasteiger partial charge in [-0.2, -0.15) is 0 Å². The summed E-state index contributed by atoms with van der Waals surface area (Å²) in [6.07, 6.45) is 3.06. The number of nitrogens with zero attached hydrogens (tertiary/aromatic N) is 1. The molecule has 0 N–H and O–H groups in total. The first-order chi connectivity index (χ1) is 8.65. The molecule has 1 fully saturated rings. The van der Waals surface area contributed by atoms with Crippen molar-refractivity contribution in [3.05, 3.63) is 28.8 Å². The highest BCUT2D eigenvalue weighted by molar-refractivity contribution is 9.09. The van der Waals surface area contributed by atoms with E-state index in [1.807, 2.05) is 23.3 Å². The number of rotatable bonds is 3. The molecule has 0 aromatic heterocycles. The highest BCUT2D eigenvalue weighted by Crippen LogP contribution is 2.26. The van der Waals surface area contributed by atoms with Crippen molar-refractivity contribution in [2.45, 2.75) is 11.3 Å². The van der Waals surface area contributed by atoms with Crippen molar-refractivity contribution in [1.29, 1.82) is 0 Å². The number of thioether (sulfide) groups is 1. The smallest absolute Gasteiger partial charge is 0.255 e. The zero-order valence-corrected chi connectivity index (χ0v) is 13.3. The summed E-state index contributed by atoms with van der Waals surface area (Å²) in [4.78, 5) is 15.4. The number of halogens is 2. The van der Waals surface area contributed by atoms with E-state index in [1.165, 1.54) is 0 Å². The molecular weight excluding hydrogens is 334 g/mol. The van der Waals surface area contributed by atoms with Gasteiger partial charge in [-0.25, -0.2) is 0 Å². The Labute approximate surface area is 125 Å². The van der Waals surface area contributed by atoms with Gasteiger partial charge in [0.05, 0.1) is 10.6 Å². The Morgan fingerprint density at radius 1 is 1.61 bits per heavy atom. The maximum absolute atomic E-state index is 12.4. The molecule has 0 spiro atoms. The van der Waals surface area contributed by atoms with Crippen LogP contribution >= 0.6 is 39.3 Å². The van der Waals surface area contributed by atoms with E-state index in [2.05, 4.69) is 15.9 Å². The molecule has 1 aliphatic rings. The van der Waals surface area contributed by atoms with E-state index < -0.39 is 0 Å². The van der Waals surface area contributed by atoms with Crippen molar-refractivity contribution in [3.63, 3.8) is 0 Å². The summed E-state index contributed by atoms with van der Waals surface area (Å²) >= 11 is 11.2. The molecule has 1 aliphatic heterocycles. The lowest BCUT2D eigenvalue weighted by Crippen LogP contribution is -2.29. The minimum absolute atomic E-state index is 0.0550. The van der Waals surface area contributed by atoms with E-state index in [-0.39, 0.29) is 5.91 Å². The first kappa shape index (κ1) is 14.2. The van der Waals surface area contributed by atoms with Crippen LogP contribution in [0.4, 0.5) is 0 Å². The molecule has 0 radical (unpaired) electrons. The van der Waals surface area contributed by atoms with Gasteiger partial charge in [-0.1, -0.05) is 27.5 Å². The third kappa shape index (κ3) is 3.03. The number of likely N-dealkylation sites (tertiary alicyclic amines) is 1. The molecule has 0 aliphatic carbocycles. The number of benzene rings is 1. The van der Waals surface area contributed by atoms with E-state index >= 15 is 0 Å². The van der Waals surface area contributed by atoms with Gasteiger partial charge in [0, 0.05) is 23.3 Å². The minimum Gasteiger partial charge on any atom is -0.338 e. The highest BCUT2D eigenvalue weighted by Gasteiger charge is 2.27. The van der Waals surface area contributed by atoms with Crippen LogP contribution in [0, 0.1) is 5.92 Å². The van der Waals surface area contributed by atoms with E-state index in [0.717, 1.165) is 29.7 Å². The molecular formula is C13H15BrClNOS. The quantitative estimate of drug-likeness (QED) is 0.609. The lowest BCUT2D eigenvalue weighted by Gasteiger charge is -2.17. The van der Waals surface area contributed by atoms with Crippen molar-refractivity contribution >= 4 is 45.2 Å². The van der Waals surface area contributed by atoms with E-state index in [9.17, 15) is 4.79 Å². The normalized spacial score (nSPS) is 19.3. The third-order valence-electron chi connectivity index (χ3n) is 3.20. The molecule has 2 nitrogen and oxygen atoms in total. The van der Waals surface area contributed by atoms with E-state index in [0.29, 0.717) is 16.5 Å². The molecule has 98 valence electrons. The molecule has 2 rings (SSSR count). The summed E-state index contributed by atoms with van der Waals surface area (Å²) in [6.45, 7) is 1.65. The first-order valence-corrected chi connectivity index (χ1v) is 8.57. The summed E-state index contributed by atoms with van der Waals surface area (Å²) in [5, 5.41) is 1.50. The van der Waals surface area contributed by atoms with Crippen molar-refractivity contribution in [1.82, 2.24) is 4.90 Å². The van der Waals surface area contributed by atoms with Crippen LogP contribution in [0.1, 0.15) is 16.8 Å². The van der Waals surface area contributed by atoms with Crippen LogP contribution in [-0.2, 0) is 0 Å². The van der Waals surface area contributed by atoms with Crippen molar-refractivity contribution in [2.75, 3.05) is 24.7 Å². The van der Waals surface area contributed by atoms with E-state index in [4.69, 9.17) is 11.6 Å². The Kier molecular flexibility index (Phi) is 4.98. The van der Waals surface area contributed by atoms with Gasteiger partial charge < -0.3 is 4.90 Å². The summed E-state index contributed by atoms with van der Waals surface area (Å²) in [5.74, 6) is 0.621. The Bertz CT molecular complexity index is 455. The van der Waals surface area contributed by atoms with Crippen LogP contribution < -0.4 is 0 Å². The van der Waals surface area contributed by atoms with Crippen LogP contribution in [0.3, 0.4) is 0 Å². The Morgan fingerprint density at radius 3 is 3.00 bits per heavy atom. The fraction of sp³-hybridized carbons (Fsp3) is 0.462. The zero-order valence-electron chi connectivity index (χ0n) is 10.2. The van der Waals surface area contributed by atoms with Gasteiger partial charge >= 0.3 is 0 Å². The second-order valence-corrected chi connectivity index (χ2v) is 6.34. The molecule has 1 aromatic rings. The lowest BCUT2D eigenvalue weighted by molar-refractivity contribution is 0.0788. The lowest BCUT2D eigenvalue weighted by atomic mass is 10.2. The number of carbonyl (C=O) groups excluding carboxylic acids is 1. The van der Waals surface area contributed by atoms with Gasteiger partial charge in [0.15, 0.2) is 0 Å². The zero-order chi connectivity index (χ0) is 13.1.